The van der Waals surface area contributed by atoms with E-state index in [4.69, 9.17) is 0 Å². The van der Waals surface area contributed by atoms with Gasteiger partial charge in [0.25, 0.3) is 0 Å². The molecule has 6 heteroatoms. The minimum absolute atomic E-state index is 0. The van der Waals surface area contributed by atoms with Gasteiger partial charge < -0.3 is 14.0 Å². The number of rotatable bonds is 3. The Morgan fingerprint density at radius 3 is 2.29 bits per heavy atom. The van der Waals surface area contributed by atoms with Crippen LogP contribution < -0.4 is 34.5 Å². The van der Waals surface area contributed by atoms with Crippen LogP contribution in [0.15, 0.2) is 30.3 Å². The summed E-state index contributed by atoms with van der Waals surface area (Å²) in [4.78, 5) is 22.2. The van der Waals surface area contributed by atoms with Gasteiger partial charge in [-0.25, -0.2) is 0 Å². The van der Waals surface area contributed by atoms with Crippen molar-refractivity contribution < 1.29 is 48.3 Å². The Kier molecular flexibility index (Phi) is 5.83. The molecule has 0 aliphatic heterocycles. The van der Waals surface area contributed by atoms with Crippen LogP contribution in [0.25, 0.3) is 0 Å². The molecule has 0 bridgehead atoms. The maximum absolute atomic E-state index is 11.2. The number of carbonyl (C=O) groups is 1. The molecule has 0 heterocycles. The van der Waals surface area contributed by atoms with Crippen molar-refractivity contribution in [3.8, 4) is 0 Å². The fourth-order valence-corrected chi connectivity index (χ4v) is 1.45. The van der Waals surface area contributed by atoms with Crippen LogP contribution in [-0.4, -0.2) is 12.6 Å². The summed E-state index contributed by atoms with van der Waals surface area (Å²) >= 11 is 0. The second-order valence-electron chi connectivity index (χ2n) is 2.35. The first kappa shape index (κ1) is 14.0. The summed E-state index contributed by atoms with van der Waals surface area (Å²) in [7, 11) is -3.41. The summed E-state index contributed by atoms with van der Waals surface area (Å²) in [5.41, 5.74) is -0.877. The predicted octanol–water partition coefficient (Wildman–Crippen LogP) is -1.97. The molecule has 1 aromatic carbocycles. The van der Waals surface area contributed by atoms with Crippen LogP contribution in [0.3, 0.4) is 0 Å². The van der Waals surface area contributed by atoms with Gasteiger partial charge in [-0.15, -0.1) is 0 Å². The molecular formula is C8H8NaO4P. The summed E-state index contributed by atoms with van der Waals surface area (Å²) < 4.78 is 15.1. The van der Waals surface area contributed by atoms with Gasteiger partial charge in [-0.1, -0.05) is 30.3 Å². The molecule has 0 amide bonds. The van der Waals surface area contributed by atoms with Crippen LogP contribution in [0.2, 0.25) is 0 Å². The fourth-order valence-electron chi connectivity index (χ4n) is 0.822. The minimum atomic E-state index is -4.38. The first-order valence-electron chi connectivity index (χ1n) is 3.54. The standard InChI is InChI=1S/C8H9O4P.Na/c1-12-13(10,11)8(9)7-5-3-2-4-6-7;/h2-6H,1H3,(H,10,11);/q;+1/p-1. The molecular weight excluding hydrogens is 214 g/mol. The average Bonchev–Trinajstić information content (AvgIpc) is 2.18. The number of carbonyl (C=O) groups excluding carboxylic acids is 1. The van der Waals surface area contributed by atoms with Crippen molar-refractivity contribution in [2.24, 2.45) is 0 Å². The number of hydrogen-bond acceptors (Lipinski definition) is 4. The SMILES string of the molecule is COP(=O)([O-])C(=O)c1ccccc1.[Na+]. The van der Waals surface area contributed by atoms with Crippen molar-refractivity contribution in [2.45, 2.75) is 0 Å². The van der Waals surface area contributed by atoms with Crippen molar-refractivity contribution >= 4 is 13.1 Å². The first-order valence-corrected chi connectivity index (χ1v) is 5.09. The summed E-state index contributed by atoms with van der Waals surface area (Å²) in [5, 5.41) is 0. The molecule has 0 aliphatic rings. The molecule has 0 N–H and O–H groups in total. The fraction of sp³-hybridized carbons (Fsp3) is 0.125. The van der Waals surface area contributed by atoms with E-state index in [1.54, 1.807) is 18.2 Å². The van der Waals surface area contributed by atoms with E-state index in [0.29, 0.717) is 0 Å². The minimum Gasteiger partial charge on any atom is -0.773 e. The van der Waals surface area contributed by atoms with Crippen molar-refractivity contribution in [1.29, 1.82) is 0 Å². The van der Waals surface area contributed by atoms with E-state index in [-0.39, 0.29) is 35.1 Å². The molecule has 1 atom stereocenters. The molecule has 14 heavy (non-hydrogen) atoms. The van der Waals surface area contributed by atoms with Crippen LogP contribution in [-0.2, 0) is 9.09 Å². The zero-order chi connectivity index (χ0) is 9.90. The molecule has 0 fully saturated rings. The summed E-state index contributed by atoms with van der Waals surface area (Å²) in [5.74, 6) is 0. The number of benzene rings is 1. The second kappa shape index (κ2) is 5.81. The maximum Gasteiger partial charge on any atom is 1.00 e. The summed E-state index contributed by atoms with van der Waals surface area (Å²) in [6, 6.07) is 7.71. The molecule has 0 saturated heterocycles. The van der Waals surface area contributed by atoms with Crippen LogP contribution in [0.5, 0.6) is 0 Å². The smallest absolute Gasteiger partial charge is 0.773 e. The van der Waals surface area contributed by atoms with Gasteiger partial charge in [-0.2, -0.15) is 0 Å². The summed E-state index contributed by atoms with van der Waals surface area (Å²) in [6.45, 7) is 0. The molecule has 0 aliphatic carbocycles. The van der Waals surface area contributed by atoms with Crippen molar-refractivity contribution in [3.63, 3.8) is 0 Å². The van der Waals surface area contributed by atoms with Gasteiger partial charge in [0.15, 0.2) is 0 Å². The van der Waals surface area contributed by atoms with E-state index >= 15 is 0 Å². The third kappa shape index (κ3) is 3.31. The van der Waals surface area contributed by atoms with Crippen LogP contribution in [0.4, 0.5) is 0 Å². The van der Waals surface area contributed by atoms with Gasteiger partial charge in [-0.3, -0.25) is 4.79 Å². The van der Waals surface area contributed by atoms with E-state index in [0.717, 1.165) is 7.11 Å². The van der Waals surface area contributed by atoms with E-state index in [2.05, 4.69) is 4.52 Å². The Labute approximate surface area is 104 Å². The summed E-state index contributed by atoms with van der Waals surface area (Å²) in [6.07, 6.45) is 0. The Morgan fingerprint density at radius 1 is 1.36 bits per heavy atom. The normalized spacial score (nSPS) is 13.9. The molecule has 1 rings (SSSR count). The Bertz CT molecular complexity index is 352. The van der Waals surface area contributed by atoms with Crippen molar-refractivity contribution in [3.05, 3.63) is 35.9 Å². The topological polar surface area (TPSA) is 66.4 Å². The van der Waals surface area contributed by atoms with Crippen LogP contribution in [0, 0.1) is 0 Å². The molecule has 70 valence electrons. The molecule has 0 aromatic heterocycles. The third-order valence-corrected chi connectivity index (χ3v) is 2.75. The second-order valence-corrected chi connectivity index (χ2v) is 4.12. The van der Waals surface area contributed by atoms with Gasteiger partial charge in [0.1, 0.15) is 0 Å². The van der Waals surface area contributed by atoms with Crippen molar-refractivity contribution in [1.82, 2.24) is 0 Å². The third-order valence-electron chi connectivity index (χ3n) is 1.51. The average molecular weight is 222 g/mol. The zero-order valence-corrected chi connectivity index (χ0v) is 10.9. The quantitative estimate of drug-likeness (QED) is 0.439. The Balaban J connectivity index is 0.00000169. The molecule has 0 spiro atoms. The monoisotopic (exact) mass is 222 g/mol. The van der Waals surface area contributed by atoms with Crippen LogP contribution in [0.1, 0.15) is 10.4 Å². The first-order chi connectivity index (χ1) is 6.08. The van der Waals surface area contributed by atoms with Gasteiger partial charge in [0.2, 0.25) is 13.1 Å². The predicted molar refractivity (Wildman–Crippen MR) is 45.4 cm³/mol. The molecule has 4 nitrogen and oxygen atoms in total. The van der Waals surface area contributed by atoms with E-state index in [1.165, 1.54) is 12.1 Å². The Hall–Kier alpha value is 0.0400. The van der Waals surface area contributed by atoms with Crippen molar-refractivity contribution in [2.75, 3.05) is 7.11 Å². The van der Waals surface area contributed by atoms with E-state index in [9.17, 15) is 14.3 Å². The zero-order valence-electron chi connectivity index (χ0n) is 7.97. The van der Waals surface area contributed by atoms with Gasteiger partial charge in [0, 0.05) is 12.7 Å². The molecule has 1 aromatic rings. The van der Waals surface area contributed by atoms with Gasteiger partial charge in [0.05, 0.1) is 0 Å². The van der Waals surface area contributed by atoms with Gasteiger partial charge in [-0.05, 0) is 0 Å². The van der Waals surface area contributed by atoms with E-state index < -0.39 is 13.1 Å². The largest absolute Gasteiger partial charge is 1.00 e. The maximum atomic E-state index is 11.2. The van der Waals surface area contributed by atoms with Gasteiger partial charge >= 0.3 is 29.6 Å². The molecule has 0 radical (unpaired) electrons. The van der Waals surface area contributed by atoms with Crippen LogP contribution >= 0.6 is 7.60 Å². The van der Waals surface area contributed by atoms with E-state index in [1.807, 2.05) is 0 Å². The Morgan fingerprint density at radius 2 is 1.86 bits per heavy atom. The number of hydrogen-bond donors (Lipinski definition) is 0. The molecule has 1 unspecified atom stereocenters. The molecule has 0 saturated carbocycles.